The second kappa shape index (κ2) is 3.76. The highest BCUT2D eigenvalue weighted by molar-refractivity contribution is 5.88. The molecule has 0 bridgehead atoms. The van der Waals surface area contributed by atoms with Crippen LogP contribution < -0.4 is 5.84 Å². The molecule has 0 atom stereocenters. The molecule has 2 aromatic heterocycles. The van der Waals surface area contributed by atoms with Gasteiger partial charge in [-0.2, -0.15) is 0 Å². The lowest BCUT2D eigenvalue weighted by Gasteiger charge is -2.10. The molecular weight excluding hydrogens is 206 g/mol. The van der Waals surface area contributed by atoms with Crippen LogP contribution in [0.25, 0.3) is 11.2 Å². The van der Waals surface area contributed by atoms with E-state index in [0.717, 1.165) is 5.84 Å². The van der Waals surface area contributed by atoms with Crippen molar-refractivity contribution in [3.8, 4) is 0 Å². The molecule has 0 aliphatic carbocycles. The molecule has 16 heavy (non-hydrogen) atoms. The highest BCUT2D eigenvalue weighted by Gasteiger charge is 2.08. The number of rotatable bonds is 1. The predicted octanol–water partition coefficient (Wildman–Crippen LogP) is 0.152. The standard InChI is InChI=1S/C9H13N7/c1-6(15(2)3)14-8-7-9(12-4-11-8)16(10)5-13-7/h4-5H,10H2,1-3H3/b14-6-. The zero-order chi connectivity index (χ0) is 11.7. The van der Waals surface area contributed by atoms with Crippen molar-refractivity contribution in [2.45, 2.75) is 6.92 Å². The molecule has 84 valence electrons. The monoisotopic (exact) mass is 219 g/mol. The van der Waals surface area contributed by atoms with Gasteiger partial charge >= 0.3 is 0 Å². The maximum Gasteiger partial charge on any atom is 0.185 e. The first-order valence-corrected chi connectivity index (χ1v) is 4.75. The highest BCUT2D eigenvalue weighted by Crippen LogP contribution is 2.18. The average molecular weight is 219 g/mol. The van der Waals surface area contributed by atoms with Gasteiger partial charge in [-0.25, -0.2) is 24.6 Å². The summed E-state index contributed by atoms with van der Waals surface area (Å²) in [6, 6.07) is 0. The molecule has 0 aliphatic heterocycles. The van der Waals surface area contributed by atoms with E-state index in [1.54, 1.807) is 0 Å². The van der Waals surface area contributed by atoms with E-state index in [9.17, 15) is 0 Å². The SMILES string of the molecule is C/C(=N/c1ncnc2c1ncn2N)N(C)C. The molecule has 0 saturated heterocycles. The lowest BCUT2D eigenvalue weighted by molar-refractivity contribution is 0.618. The summed E-state index contributed by atoms with van der Waals surface area (Å²) in [6.45, 7) is 1.90. The summed E-state index contributed by atoms with van der Waals surface area (Å²) in [7, 11) is 3.83. The van der Waals surface area contributed by atoms with Crippen molar-refractivity contribution < 1.29 is 0 Å². The average Bonchev–Trinajstić information content (AvgIpc) is 2.62. The van der Waals surface area contributed by atoms with E-state index >= 15 is 0 Å². The number of aliphatic imine (C=N–C) groups is 1. The number of fused-ring (bicyclic) bond motifs is 1. The molecule has 2 N–H and O–H groups in total. The van der Waals surface area contributed by atoms with Gasteiger partial charge in [-0.05, 0) is 6.92 Å². The molecule has 2 aromatic rings. The zero-order valence-corrected chi connectivity index (χ0v) is 9.42. The summed E-state index contributed by atoms with van der Waals surface area (Å²) in [4.78, 5) is 18.5. The largest absolute Gasteiger partial charge is 0.366 e. The van der Waals surface area contributed by atoms with Gasteiger partial charge in [0.15, 0.2) is 17.0 Å². The van der Waals surface area contributed by atoms with E-state index in [0.29, 0.717) is 17.0 Å². The molecule has 0 spiro atoms. The number of hydrogen-bond donors (Lipinski definition) is 1. The maximum absolute atomic E-state index is 5.64. The van der Waals surface area contributed by atoms with Crippen molar-refractivity contribution in [2.24, 2.45) is 4.99 Å². The Labute approximate surface area is 92.6 Å². The van der Waals surface area contributed by atoms with E-state index in [1.807, 2.05) is 25.9 Å². The number of aromatic nitrogens is 4. The molecule has 0 radical (unpaired) electrons. The van der Waals surface area contributed by atoms with Crippen LogP contribution in [0.2, 0.25) is 0 Å². The first kappa shape index (κ1) is 10.3. The van der Waals surface area contributed by atoms with Crippen LogP contribution in [0.4, 0.5) is 5.82 Å². The maximum atomic E-state index is 5.64. The van der Waals surface area contributed by atoms with E-state index < -0.39 is 0 Å². The smallest absolute Gasteiger partial charge is 0.185 e. The molecule has 0 aromatic carbocycles. The van der Waals surface area contributed by atoms with Crippen molar-refractivity contribution in [3.05, 3.63) is 12.7 Å². The Morgan fingerprint density at radius 2 is 2.12 bits per heavy atom. The van der Waals surface area contributed by atoms with Crippen LogP contribution in [0.15, 0.2) is 17.6 Å². The van der Waals surface area contributed by atoms with E-state index in [1.165, 1.54) is 17.3 Å². The van der Waals surface area contributed by atoms with Crippen molar-refractivity contribution in [2.75, 3.05) is 19.9 Å². The molecule has 0 saturated carbocycles. The Balaban J connectivity index is 2.57. The molecule has 7 nitrogen and oxygen atoms in total. The fourth-order valence-corrected chi connectivity index (χ4v) is 1.17. The Kier molecular flexibility index (Phi) is 2.43. The molecule has 2 rings (SSSR count). The number of nitrogens with two attached hydrogens (primary N) is 1. The zero-order valence-electron chi connectivity index (χ0n) is 9.42. The Morgan fingerprint density at radius 1 is 1.38 bits per heavy atom. The Hall–Kier alpha value is -2.18. The van der Waals surface area contributed by atoms with E-state index in [-0.39, 0.29) is 0 Å². The van der Waals surface area contributed by atoms with Crippen LogP contribution in [-0.2, 0) is 0 Å². The fourth-order valence-electron chi connectivity index (χ4n) is 1.17. The van der Waals surface area contributed by atoms with Gasteiger partial charge in [0.25, 0.3) is 0 Å². The minimum absolute atomic E-state index is 0.528. The molecular formula is C9H13N7. The van der Waals surface area contributed by atoms with Crippen molar-refractivity contribution in [1.29, 1.82) is 0 Å². The third kappa shape index (κ3) is 1.67. The Bertz CT molecular complexity index is 540. The van der Waals surface area contributed by atoms with Crippen molar-refractivity contribution in [1.82, 2.24) is 24.5 Å². The highest BCUT2D eigenvalue weighted by atomic mass is 15.3. The van der Waals surface area contributed by atoms with Crippen molar-refractivity contribution in [3.63, 3.8) is 0 Å². The van der Waals surface area contributed by atoms with Crippen LogP contribution >= 0.6 is 0 Å². The summed E-state index contributed by atoms with van der Waals surface area (Å²) >= 11 is 0. The molecule has 0 amide bonds. The molecule has 0 unspecified atom stereocenters. The quantitative estimate of drug-likeness (QED) is 0.419. The molecule has 2 heterocycles. The lowest BCUT2D eigenvalue weighted by atomic mass is 10.5. The van der Waals surface area contributed by atoms with Gasteiger partial charge in [0.2, 0.25) is 0 Å². The minimum Gasteiger partial charge on any atom is -0.366 e. The predicted molar refractivity (Wildman–Crippen MR) is 61.9 cm³/mol. The van der Waals surface area contributed by atoms with Crippen molar-refractivity contribution >= 4 is 22.8 Å². The van der Waals surface area contributed by atoms with Crippen LogP contribution in [0.3, 0.4) is 0 Å². The number of hydrogen-bond acceptors (Lipinski definition) is 5. The minimum atomic E-state index is 0.528. The topological polar surface area (TPSA) is 85.2 Å². The second-order valence-electron chi connectivity index (χ2n) is 3.57. The van der Waals surface area contributed by atoms with Gasteiger partial charge in [-0.3, -0.25) is 0 Å². The molecule has 0 aliphatic rings. The fraction of sp³-hybridized carbons (Fsp3) is 0.333. The molecule has 0 fully saturated rings. The number of amidine groups is 1. The van der Waals surface area contributed by atoms with Crippen LogP contribution in [0.5, 0.6) is 0 Å². The van der Waals surface area contributed by atoms with Gasteiger partial charge in [0.05, 0.1) is 0 Å². The summed E-state index contributed by atoms with van der Waals surface area (Å²) in [5.41, 5.74) is 1.17. The summed E-state index contributed by atoms with van der Waals surface area (Å²) in [5.74, 6) is 7.01. The first-order valence-electron chi connectivity index (χ1n) is 4.75. The lowest BCUT2D eigenvalue weighted by Crippen LogP contribution is -2.17. The van der Waals surface area contributed by atoms with Gasteiger partial charge < -0.3 is 10.7 Å². The summed E-state index contributed by atoms with van der Waals surface area (Å²) in [5, 5.41) is 0. The van der Waals surface area contributed by atoms with Gasteiger partial charge in [0, 0.05) is 14.1 Å². The van der Waals surface area contributed by atoms with E-state index in [4.69, 9.17) is 5.84 Å². The summed E-state index contributed by atoms with van der Waals surface area (Å²) < 4.78 is 1.35. The number of imidazole rings is 1. The normalized spacial score (nSPS) is 12.1. The molecule has 7 heteroatoms. The number of nitrogen functional groups attached to an aromatic ring is 1. The van der Waals surface area contributed by atoms with Crippen LogP contribution in [0.1, 0.15) is 6.92 Å². The third-order valence-corrected chi connectivity index (χ3v) is 2.25. The van der Waals surface area contributed by atoms with E-state index in [2.05, 4.69) is 19.9 Å². The third-order valence-electron chi connectivity index (χ3n) is 2.25. The second-order valence-corrected chi connectivity index (χ2v) is 3.57. The van der Waals surface area contributed by atoms with Gasteiger partial charge in [-0.1, -0.05) is 0 Å². The Morgan fingerprint density at radius 3 is 2.81 bits per heavy atom. The number of nitrogens with zero attached hydrogens (tertiary/aromatic N) is 6. The van der Waals surface area contributed by atoms with Crippen LogP contribution in [0, 0.1) is 0 Å². The van der Waals surface area contributed by atoms with Gasteiger partial charge in [0.1, 0.15) is 18.5 Å². The first-order chi connectivity index (χ1) is 7.59. The summed E-state index contributed by atoms with van der Waals surface area (Å²) in [6.07, 6.45) is 2.92. The van der Waals surface area contributed by atoms with Crippen LogP contribution in [-0.4, -0.2) is 44.5 Å². The van der Waals surface area contributed by atoms with Gasteiger partial charge in [-0.15, -0.1) is 0 Å².